The van der Waals surface area contributed by atoms with E-state index in [0.717, 1.165) is 11.0 Å². The van der Waals surface area contributed by atoms with Gasteiger partial charge in [0.1, 0.15) is 0 Å². The largest absolute Gasteiger partial charge is 0.326 e. The maximum Gasteiger partial charge on any atom is 0.265 e. The summed E-state index contributed by atoms with van der Waals surface area (Å²) < 4.78 is 32.0. The minimum atomic E-state index is -3.87. The van der Waals surface area contributed by atoms with Gasteiger partial charge in [0.2, 0.25) is 0 Å². The van der Waals surface area contributed by atoms with Gasteiger partial charge in [-0.2, -0.15) is 8.42 Å². The molecule has 1 N–H and O–H groups in total. The molecule has 0 spiro atoms. The molecular formula is C24H52NO3S+. The number of hydrogen-bond acceptors (Lipinski definition) is 2. The summed E-state index contributed by atoms with van der Waals surface area (Å²) in [5.41, 5.74) is 0. The van der Waals surface area contributed by atoms with E-state index in [9.17, 15) is 8.42 Å². The Bertz CT molecular complexity index is 477. The van der Waals surface area contributed by atoms with E-state index in [1.165, 1.54) is 96.3 Å². The van der Waals surface area contributed by atoms with Gasteiger partial charge < -0.3 is 4.48 Å². The summed E-state index contributed by atoms with van der Waals surface area (Å²) in [6.07, 6.45) is 20.6. The van der Waals surface area contributed by atoms with Crippen LogP contribution in [0.25, 0.3) is 0 Å². The van der Waals surface area contributed by atoms with Gasteiger partial charge in [-0.1, -0.05) is 97.3 Å². The standard InChI is InChI=1S/C24H51NO3S/c1-6-7-8-9-10-11-12-13-14-15-16-17-18-19-20-24(3)25(4,5)21-23(2)22-29(26,27)28/h23-24H,6-22H2,1-5H3/p+1. The lowest BCUT2D eigenvalue weighted by molar-refractivity contribution is -0.916. The third-order valence-corrected chi connectivity index (χ3v) is 7.44. The SMILES string of the molecule is CCCCCCCCCCCCCCCCC(C)[N+](C)(C)CC(C)CS(=O)(=O)O. The van der Waals surface area contributed by atoms with Gasteiger partial charge in [0.25, 0.3) is 10.1 Å². The summed E-state index contributed by atoms with van der Waals surface area (Å²) in [5, 5.41) is 0. The maximum atomic E-state index is 11.1. The monoisotopic (exact) mass is 434 g/mol. The second-order valence-electron chi connectivity index (χ2n) is 10.0. The van der Waals surface area contributed by atoms with Crippen LogP contribution in [0.3, 0.4) is 0 Å². The number of hydrogen-bond donors (Lipinski definition) is 1. The molecule has 0 fully saturated rings. The Kier molecular flexibility index (Phi) is 16.5. The average molecular weight is 435 g/mol. The molecule has 0 radical (unpaired) electrons. The van der Waals surface area contributed by atoms with Crippen molar-refractivity contribution in [1.82, 2.24) is 0 Å². The molecule has 0 heterocycles. The third kappa shape index (κ3) is 18.4. The lowest BCUT2D eigenvalue weighted by atomic mass is 10.0. The van der Waals surface area contributed by atoms with Crippen LogP contribution < -0.4 is 0 Å². The van der Waals surface area contributed by atoms with E-state index in [1.54, 1.807) is 0 Å². The minimum absolute atomic E-state index is 0.0289. The van der Waals surface area contributed by atoms with Crippen molar-refractivity contribution in [3.63, 3.8) is 0 Å². The van der Waals surface area contributed by atoms with E-state index < -0.39 is 10.1 Å². The van der Waals surface area contributed by atoms with Crippen molar-refractivity contribution in [2.45, 2.75) is 123 Å². The minimum Gasteiger partial charge on any atom is -0.326 e. The lowest BCUT2D eigenvalue weighted by Gasteiger charge is -2.38. The summed E-state index contributed by atoms with van der Waals surface area (Å²) in [6, 6.07) is 0.510. The van der Waals surface area contributed by atoms with Gasteiger partial charge in [0, 0.05) is 5.92 Å². The van der Waals surface area contributed by atoms with Gasteiger partial charge in [0.05, 0.1) is 32.4 Å². The van der Waals surface area contributed by atoms with Gasteiger partial charge in [0.15, 0.2) is 0 Å². The zero-order chi connectivity index (χ0) is 22.2. The number of quaternary nitrogens is 1. The van der Waals surface area contributed by atoms with Gasteiger partial charge in [-0.15, -0.1) is 0 Å². The molecule has 0 aliphatic heterocycles. The fourth-order valence-electron chi connectivity index (χ4n) is 4.38. The number of unbranched alkanes of at least 4 members (excludes halogenated alkanes) is 13. The van der Waals surface area contributed by atoms with Crippen molar-refractivity contribution in [3.8, 4) is 0 Å². The summed E-state index contributed by atoms with van der Waals surface area (Å²) in [5.74, 6) is -0.168. The van der Waals surface area contributed by atoms with Crippen molar-refractivity contribution in [3.05, 3.63) is 0 Å². The van der Waals surface area contributed by atoms with Crippen molar-refractivity contribution in [2.75, 3.05) is 26.4 Å². The van der Waals surface area contributed by atoms with E-state index >= 15 is 0 Å². The molecule has 5 heteroatoms. The van der Waals surface area contributed by atoms with E-state index in [1.807, 2.05) is 6.92 Å². The fourth-order valence-corrected chi connectivity index (χ4v) is 5.20. The van der Waals surface area contributed by atoms with Crippen LogP contribution in [-0.4, -0.2) is 49.9 Å². The van der Waals surface area contributed by atoms with E-state index in [-0.39, 0.29) is 11.7 Å². The Morgan fingerprint density at radius 3 is 1.48 bits per heavy atom. The van der Waals surface area contributed by atoms with Crippen LogP contribution in [-0.2, 0) is 10.1 Å². The molecule has 0 aliphatic rings. The Labute approximate surface area is 183 Å². The first kappa shape index (κ1) is 28.9. The van der Waals surface area contributed by atoms with Crippen molar-refractivity contribution in [1.29, 1.82) is 0 Å². The van der Waals surface area contributed by atoms with Crippen LogP contribution in [0.15, 0.2) is 0 Å². The van der Waals surface area contributed by atoms with E-state index in [0.29, 0.717) is 6.04 Å². The predicted molar refractivity (Wildman–Crippen MR) is 127 cm³/mol. The molecule has 0 aromatic rings. The quantitative estimate of drug-likeness (QED) is 0.129. The van der Waals surface area contributed by atoms with Gasteiger partial charge >= 0.3 is 0 Å². The van der Waals surface area contributed by atoms with Crippen LogP contribution in [0, 0.1) is 5.92 Å². The highest BCUT2D eigenvalue weighted by Gasteiger charge is 2.27. The smallest absolute Gasteiger partial charge is 0.265 e. The number of nitrogens with zero attached hydrogens (tertiary/aromatic N) is 1. The third-order valence-electron chi connectivity index (χ3n) is 6.45. The first-order valence-corrected chi connectivity index (χ1v) is 14.0. The molecule has 2 atom stereocenters. The van der Waals surface area contributed by atoms with E-state index in [4.69, 9.17) is 4.55 Å². The molecule has 29 heavy (non-hydrogen) atoms. The fraction of sp³-hybridized carbons (Fsp3) is 1.00. The Morgan fingerprint density at radius 2 is 1.10 bits per heavy atom. The topological polar surface area (TPSA) is 54.4 Å². The molecule has 0 amide bonds. The molecule has 0 aromatic heterocycles. The molecule has 4 nitrogen and oxygen atoms in total. The van der Waals surface area contributed by atoms with Crippen LogP contribution >= 0.6 is 0 Å². The zero-order valence-electron chi connectivity index (χ0n) is 20.3. The molecule has 2 unspecified atom stereocenters. The summed E-state index contributed by atoms with van der Waals surface area (Å²) in [6.45, 7) is 7.23. The normalized spacial score (nSPS) is 14.8. The molecule has 0 aliphatic carbocycles. The second-order valence-corrected chi connectivity index (χ2v) is 11.5. The lowest BCUT2D eigenvalue weighted by Crippen LogP contribution is -2.50. The van der Waals surface area contributed by atoms with Crippen LogP contribution in [0.2, 0.25) is 0 Å². The molecule has 0 bridgehead atoms. The highest BCUT2D eigenvalue weighted by atomic mass is 32.2. The van der Waals surface area contributed by atoms with Crippen LogP contribution in [0.5, 0.6) is 0 Å². The van der Waals surface area contributed by atoms with Crippen molar-refractivity contribution >= 4 is 10.1 Å². The van der Waals surface area contributed by atoms with Gasteiger partial charge in [-0.3, -0.25) is 4.55 Å². The zero-order valence-corrected chi connectivity index (χ0v) is 21.1. The molecule has 0 saturated carbocycles. The Morgan fingerprint density at radius 1 is 0.724 bits per heavy atom. The molecular weight excluding hydrogens is 382 g/mol. The first-order chi connectivity index (χ1) is 13.6. The maximum absolute atomic E-state index is 11.1. The van der Waals surface area contributed by atoms with Crippen LogP contribution in [0.4, 0.5) is 0 Å². The number of rotatable bonds is 20. The Hall–Kier alpha value is -0.130. The summed E-state index contributed by atoms with van der Waals surface area (Å²) in [4.78, 5) is 0. The molecule has 176 valence electrons. The Balaban J connectivity index is 3.62. The van der Waals surface area contributed by atoms with Crippen molar-refractivity contribution < 1.29 is 17.5 Å². The molecule has 0 aromatic carbocycles. The first-order valence-electron chi connectivity index (χ1n) is 12.4. The highest BCUT2D eigenvalue weighted by molar-refractivity contribution is 7.85. The molecule has 0 rings (SSSR count). The van der Waals surface area contributed by atoms with Crippen LogP contribution in [0.1, 0.15) is 117 Å². The van der Waals surface area contributed by atoms with Gasteiger partial charge in [-0.05, 0) is 19.8 Å². The van der Waals surface area contributed by atoms with Crippen molar-refractivity contribution in [2.24, 2.45) is 5.92 Å². The average Bonchev–Trinajstić information content (AvgIpc) is 2.59. The summed E-state index contributed by atoms with van der Waals surface area (Å²) >= 11 is 0. The summed E-state index contributed by atoms with van der Waals surface area (Å²) in [7, 11) is 0.477. The molecule has 0 saturated heterocycles. The van der Waals surface area contributed by atoms with E-state index in [2.05, 4.69) is 27.9 Å². The second kappa shape index (κ2) is 16.5. The van der Waals surface area contributed by atoms with Gasteiger partial charge in [-0.25, -0.2) is 0 Å². The highest BCUT2D eigenvalue weighted by Crippen LogP contribution is 2.19. The predicted octanol–water partition coefficient (Wildman–Crippen LogP) is 6.85.